The Morgan fingerprint density at radius 3 is 2.22 bits per heavy atom. The van der Waals surface area contributed by atoms with Crippen LogP contribution in [-0.4, -0.2) is 17.9 Å². The predicted octanol–water partition coefficient (Wildman–Crippen LogP) is 2.89. The molecule has 0 aliphatic carbocycles. The molecule has 3 N–H and O–H groups in total. The van der Waals surface area contributed by atoms with Crippen molar-refractivity contribution in [3.8, 4) is 5.75 Å². The second kappa shape index (κ2) is 7.45. The molecular weight excluding hydrogens is 292 g/mol. The number of nitrogens with one attached hydrogen (secondary N) is 1. The number of hydrogen-bond donors (Lipinski definition) is 2. The van der Waals surface area contributed by atoms with Crippen LogP contribution in [0, 0.1) is 6.92 Å². The van der Waals surface area contributed by atoms with Gasteiger partial charge in [-0.1, -0.05) is 24.6 Å². The zero-order chi connectivity index (χ0) is 16.8. The van der Waals surface area contributed by atoms with Gasteiger partial charge in [-0.2, -0.15) is 0 Å². The molecule has 0 spiro atoms. The van der Waals surface area contributed by atoms with Crippen LogP contribution in [-0.2, 0) is 4.79 Å². The number of amides is 2. The molecule has 0 saturated carbocycles. The summed E-state index contributed by atoms with van der Waals surface area (Å²) < 4.78 is 5.73. The summed E-state index contributed by atoms with van der Waals surface area (Å²) in [5.41, 5.74) is 7.30. The van der Waals surface area contributed by atoms with Crippen molar-refractivity contribution in [3.63, 3.8) is 0 Å². The minimum Gasteiger partial charge on any atom is -0.481 e. The topological polar surface area (TPSA) is 81.4 Å². The lowest BCUT2D eigenvalue weighted by atomic mass is 10.2. The SMILES string of the molecule is CC[C@H](Oc1ccc(C)cc1)C(=O)Nc1ccc(C(N)=O)cc1. The molecule has 5 nitrogen and oxygen atoms in total. The highest BCUT2D eigenvalue weighted by Crippen LogP contribution is 2.16. The lowest BCUT2D eigenvalue weighted by Crippen LogP contribution is -2.32. The number of ether oxygens (including phenoxy) is 1. The number of nitrogens with two attached hydrogens (primary N) is 1. The van der Waals surface area contributed by atoms with E-state index in [0.717, 1.165) is 5.56 Å². The summed E-state index contributed by atoms with van der Waals surface area (Å²) in [5.74, 6) is -0.0846. The summed E-state index contributed by atoms with van der Waals surface area (Å²) in [6.07, 6.45) is -0.0486. The van der Waals surface area contributed by atoms with E-state index in [1.807, 2.05) is 38.1 Å². The minimum atomic E-state index is -0.589. The normalized spacial score (nSPS) is 11.6. The fraction of sp³-hybridized carbons (Fsp3) is 0.222. The summed E-state index contributed by atoms with van der Waals surface area (Å²) in [5, 5.41) is 2.77. The van der Waals surface area contributed by atoms with Crippen LogP contribution in [0.1, 0.15) is 29.3 Å². The van der Waals surface area contributed by atoms with Crippen molar-refractivity contribution in [1.29, 1.82) is 0 Å². The van der Waals surface area contributed by atoms with Crippen molar-refractivity contribution in [2.75, 3.05) is 5.32 Å². The van der Waals surface area contributed by atoms with Gasteiger partial charge in [-0.15, -0.1) is 0 Å². The van der Waals surface area contributed by atoms with Crippen LogP contribution in [0.15, 0.2) is 48.5 Å². The van der Waals surface area contributed by atoms with Gasteiger partial charge in [0.05, 0.1) is 0 Å². The molecule has 2 aromatic rings. The number of anilines is 1. The summed E-state index contributed by atoms with van der Waals surface area (Å²) in [6, 6.07) is 14.0. The molecule has 23 heavy (non-hydrogen) atoms. The van der Waals surface area contributed by atoms with Crippen LogP contribution >= 0.6 is 0 Å². The number of aryl methyl sites for hydroxylation is 1. The quantitative estimate of drug-likeness (QED) is 0.860. The van der Waals surface area contributed by atoms with Gasteiger partial charge in [0.25, 0.3) is 5.91 Å². The third kappa shape index (κ3) is 4.57. The molecule has 1 atom stereocenters. The second-order valence-electron chi connectivity index (χ2n) is 5.26. The maximum Gasteiger partial charge on any atom is 0.265 e. The fourth-order valence-electron chi connectivity index (χ4n) is 2.04. The molecule has 120 valence electrons. The average molecular weight is 312 g/mol. The van der Waals surface area contributed by atoms with E-state index in [1.54, 1.807) is 24.3 Å². The zero-order valence-corrected chi connectivity index (χ0v) is 13.2. The molecule has 2 rings (SSSR count). The molecule has 0 aromatic heterocycles. The van der Waals surface area contributed by atoms with Gasteiger partial charge in [0.15, 0.2) is 6.10 Å². The minimum absolute atomic E-state index is 0.236. The van der Waals surface area contributed by atoms with E-state index in [9.17, 15) is 9.59 Å². The van der Waals surface area contributed by atoms with Gasteiger partial charge in [-0.05, 0) is 49.7 Å². The van der Waals surface area contributed by atoms with Gasteiger partial charge in [0, 0.05) is 11.3 Å². The Morgan fingerprint density at radius 1 is 1.09 bits per heavy atom. The smallest absolute Gasteiger partial charge is 0.265 e. The van der Waals surface area contributed by atoms with E-state index >= 15 is 0 Å². The Balaban J connectivity index is 2.01. The lowest BCUT2D eigenvalue weighted by Gasteiger charge is -2.17. The van der Waals surface area contributed by atoms with Gasteiger partial charge < -0.3 is 15.8 Å². The Morgan fingerprint density at radius 2 is 1.70 bits per heavy atom. The van der Waals surface area contributed by atoms with Gasteiger partial charge in [-0.25, -0.2) is 0 Å². The molecule has 0 saturated heterocycles. The summed E-state index contributed by atoms with van der Waals surface area (Å²) in [7, 11) is 0. The number of rotatable bonds is 6. The van der Waals surface area contributed by atoms with Gasteiger partial charge in [0.1, 0.15) is 5.75 Å². The largest absolute Gasteiger partial charge is 0.481 e. The van der Waals surface area contributed by atoms with Crippen molar-refractivity contribution in [2.24, 2.45) is 5.73 Å². The molecule has 2 aromatic carbocycles. The second-order valence-corrected chi connectivity index (χ2v) is 5.26. The van der Waals surface area contributed by atoms with Crippen LogP contribution in [0.3, 0.4) is 0 Å². The van der Waals surface area contributed by atoms with Crippen molar-refractivity contribution >= 4 is 17.5 Å². The average Bonchev–Trinajstić information content (AvgIpc) is 2.54. The molecule has 0 heterocycles. The fourth-order valence-corrected chi connectivity index (χ4v) is 2.04. The van der Waals surface area contributed by atoms with Crippen LogP contribution in [0.4, 0.5) is 5.69 Å². The molecule has 2 amide bonds. The first-order valence-electron chi connectivity index (χ1n) is 7.43. The monoisotopic (exact) mass is 312 g/mol. The van der Waals surface area contributed by atoms with Crippen LogP contribution < -0.4 is 15.8 Å². The summed E-state index contributed by atoms with van der Waals surface area (Å²) in [6.45, 7) is 3.87. The first kappa shape index (κ1) is 16.5. The Bertz CT molecular complexity index is 678. The number of benzene rings is 2. The van der Waals surface area contributed by atoms with E-state index in [4.69, 9.17) is 10.5 Å². The number of hydrogen-bond acceptors (Lipinski definition) is 3. The number of carbonyl (C=O) groups is 2. The molecule has 0 aliphatic rings. The number of carbonyl (C=O) groups excluding carboxylic acids is 2. The third-order valence-corrected chi connectivity index (χ3v) is 3.40. The predicted molar refractivity (Wildman–Crippen MR) is 89.5 cm³/mol. The molecule has 0 bridgehead atoms. The Labute approximate surface area is 135 Å². The van der Waals surface area contributed by atoms with Crippen molar-refractivity contribution in [3.05, 3.63) is 59.7 Å². The Kier molecular flexibility index (Phi) is 5.36. The van der Waals surface area contributed by atoms with E-state index in [1.165, 1.54) is 0 Å². The van der Waals surface area contributed by atoms with Crippen LogP contribution in [0.25, 0.3) is 0 Å². The summed E-state index contributed by atoms with van der Waals surface area (Å²) in [4.78, 5) is 23.3. The molecular formula is C18H20N2O3. The first-order chi connectivity index (χ1) is 11.0. The van der Waals surface area contributed by atoms with Gasteiger partial charge in [-0.3, -0.25) is 9.59 Å². The zero-order valence-electron chi connectivity index (χ0n) is 13.2. The van der Waals surface area contributed by atoms with Crippen LogP contribution in [0.2, 0.25) is 0 Å². The van der Waals surface area contributed by atoms with E-state index < -0.39 is 12.0 Å². The van der Waals surface area contributed by atoms with Crippen molar-refractivity contribution in [2.45, 2.75) is 26.4 Å². The van der Waals surface area contributed by atoms with E-state index in [0.29, 0.717) is 23.4 Å². The highest BCUT2D eigenvalue weighted by atomic mass is 16.5. The molecule has 0 radical (unpaired) electrons. The highest BCUT2D eigenvalue weighted by Gasteiger charge is 2.18. The van der Waals surface area contributed by atoms with Gasteiger partial charge >= 0.3 is 0 Å². The van der Waals surface area contributed by atoms with E-state index in [2.05, 4.69) is 5.32 Å². The lowest BCUT2D eigenvalue weighted by molar-refractivity contribution is -0.122. The molecule has 0 unspecified atom stereocenters. The highest BCUT2D eigenvalue weighted by molar-refractivity contribution is 5.96. The van der Waals surface area contributed by atoms with Crippen molar-refractivity contribution < 1.29 is 14.3 Å². The maximum absolute atomic E-state index is 12.3. The van der Waals surface area contributed by atoms with Crippen molar-refractivity contribution in [1.82, 2.24) is 0 Å². The third-order valence-electron chi connectivity index (χ3n) is 3.40. The molecule has 0 fully saturated rings. The maximum atomic E-state index is 12.3. The van der Waals surface area contributed by atoms with E-state index in [-0.39, 0.29) is 5.91 Å². The molecule has 0 aliphatic heterocycles. The Hall–Kier alpha value is -2.82. The summed E-state index contributed by atoms with van der Waals surface area (Å²) >= 11 is 0. The van der Waals surface area contributed by atoms with Gasteiger partial charge in [0.2, 0.25) is 5.91 Å². The standard InChI is InChI=1S/C18H20N2O3/c1-3-16(23-15-10-4-12(2)5-11-15)18(22)20-14-8-6-13(7-9-14)17(19)21/h4-11,16H,3H2,1-2H3,(H2,19,21)(H,20,22)/t16-/m0/s1. The number of primary amides is 1. The first-order valence-corrected chi connectivity index (χ1v) is 7.43. The molecule has 5 heteroatoms. The van der Waals surface area contributed by atoms with Crippen LogP contribution in [0.5, 0.6) is 5.75 Å².